The second kappa shape index (κ2) is 6.58. The molecule has 23 heavy (non-hydrogen) atoms. The summed E-state index contributed by atoms with van der Waals surface area (Å²) in [5.74, 6) is -0.590. The fraction of sp³-hybridized carbons (Fsp3) is 0.235. The highest BCUT2D eigenvalue weighted by Crippen LogP contribution is 2.27. The molecule has 0 spiro atoms. The third kappa shape index (κ3) is 3.32. The lowest BCUT2D eigenvalue weighted by Crippen LogP contribution is -2.49. The summed E-state index contributed by atoms with van der Waals surface area (Å²) < 4.78 is 14.5. The van der Waals surface area contributed by atoms with Gasteiger partial charge < -0.3 is 14.9 Å². The number of benzene rings is 2. The van der Waals surface area contributed by atoms with E-state index in [0.29, 0.717) is 30.7 Å². The second-order valence-electron chi connectivity index (χ2n) is 5.39. The minimum Gasteiger partial charge on any atom is -0.506 e. The van der Waals surface area contributed by atoms with Crippen molar-refractivity contribution in [3.8, 4) is 5.75 Å². The van der Waals surface area contributed by atoms with Gasteiger partial charge in [0.15, 0.2) is 0 Å². The van der Waals surface area contributed by atoms with Crippen molar-refractivity contribution in [1.29, 1.82) is 0 Å². The van der Waals surface area contributed by atoms with Crippen molar-refractivity contribution in [3.05, 3.63) is 58.3 Å². The zero-order chi connectivity index (χ0) is 16.4. The average Bonchev–Trinajstić information content (AvgIpc) is 2.57. The third-order valence-electron chi connectivity index (χ3n) is 3.95. The standard InChI is InChI=1S/C17H16BrFN2O2/c18-12-5-6-14(19)13(11-12)17(23)21-9-7-20(8-10-21)15-3-1-2-4-16(15)22/h1-6,11,22H,7-10H2. The number of para-hydroxylation sites is 2. The summed E-state index contributed by atoms with van der Waals surface area (Å²) in [6, 6.07) is 11.5. The van der Waals surface area contributed by atoms with Crippen molar-refractivity contribution in [2.24, 2.45) is 0 Å². The number of anilines is 1. The van der Waals surface area contributed by atoms with Crippen LogP contribution in [0.15, 0.2) is 46.9 Å². The van der Waals surface area contributed by atoms with Gasteiger partial charge in [0.05, 0.1) is 11.3 Å². The number of carbonyl (C=O) groups excluding carboxylic acids is 1. The molecule has 2 aromatic carbocycles. The number of aromatic hydroxyl groups is 1. The average molecular weight is 379 g/mol. The van der Waals surface area contributed by atoms with Crippen molar-refractivity contribution < 1.29 is 14.3 Å². The van der Waals surface area contributed by atoms with Crippen LogP contribution in [-0.2, 0) is 0 Å². The molecule has 1 saturated heterocycles. The van der Waals surface area contributed by atoms with Crippen molar-refractivity contribution in [1.82, 2.24) is 4.90 Å². The zero-order valence-corrected chi connectivity index (χ0v) is 14.0. The molecule has 1 aliphatic heterocycles. The molecule has 2 aromatic rings. The summed E-state index contributed by atoms with van der Waals surface area (Å²) in [7, 11) is 0. The van der Waals surface area contributed by atoms with Gasteiger partial charge >= 0.3 is 0 Å². The van der Waals surface area contributed by atoms with Gasteiger partial charge in [-0.15, -0.1) is 0 Å². The molecule has 0 aromatic heterocycles. The molecule has 0 aliphatic carbocycles. The highest BCUT2D eigenvalue weighted by molar-refractivity contribution is 9.10. The van der Waals surface area contributed by atoms with E-state index in [1.807, 2.05) is 17.0 Å². The first-order valence-electron chi connectivity index (χ1n) is 7.33. The van der Waals surface area contributed by atoms with E-state index < -0.39 is 5.82 Å². The third-order valence-corrected chi connectivity index (χ3v) is 4.44. The van der Waals surface area contributed by atoms with Gasteiger partial charge in [-0.1, -0.05) is 28.1 Å². The number of phenols is 1. The van der Waals surface area contributed by atoms with Gasteiger partial charge in [0.2, 0.25) is 0 Å². The second-order valence-corrected chi connectivity index (χ2v) is 6.31. The predicted octanol–water partition coefficient (Wildman–Crippen LogP) is 3.26. The van der Waals surface area contributed by atoms with Crippen LogP contribution in [0.1, 0.15) is 10.4 Å². The lowest BCUT2D eigenvalue weighted by atomic mass is 10.1. The van der Waals surface area contributed by atoms with Gasteiger partial charge in [0, 0.05) is 30.7 Å². The zero-order valence-electron chi connectivity index (χ0n) is 12.4. The molecular formula is C17H16BrFN2O2. The van der Waals surface area contributed by atoms with Crippen LogP contribution in [0.2, 0.25) is 0 Å². The number of halogens is 2. The minimum atomic E-state index is -0.513. The molecule has 6 heteroatoms. The summed E-state index contributed by atoms with van der Waals surface area (Å²) in [5.41, 5.74) is 0.837. The van der Waals surface area contributed by atoms with Gasteiger partial charge in [-0.05, 0) is 30.3 Å². The lowest BCUT2D eigenvalue weighted by molar-refractivity contribution is 0.0742. The van der Waals surface area contributed by atoms with Crippen LogP contribution in [-0.4, -0.2) is 42.1 Å². The Bertz CT molecular complexity index is 730. The summed E-state index contributed by atoms with van der Waals surface area (Å²) in [5, 5.41) is 9.91. The normalized spacial score (nSPS) is 14.9. The monoisotopic (exact) mass is 378 g/mol. The summed E-state index contributed by atoms with van der Waals surface area (Å²) in [6.07, 6.45) is 0. The molecule has 0 unspecified atom stereocenters. The maximum atomic E-state index is 13.9. The maximum absolute atomic E-state index is 13.9. The van der Waals surface area contributed by atoms with E-state index in [-0.39, 0.29) is 17.2 Å². The molecule has 1 N–H and O–H groups in total. The fourth-order valence-electron chi connectivity index (χ4n) is 2.71. The summed E-state index contributed by atoms with van der Waals surface area (Å²) in [4.78, 5) is 16.1. The number of hydrogen-bond donors (Lipinski definition) is 1. The van der Waals surface area contributed by atoms with E-state index in [9.17, 15) is 14.3 Å². The van der Waals surface area contributed by atoms with Crippen LogP contribution in [0.25, 0.3) is 0 Å². The molecule has 0 bridgehead atoms. The number of piperazine rings is 1. The Kier molecular flexibility index (Phi) is 4.52. The van der Waals surface area contributed by atoms with Crippen molar-refractivity contribution >= 4 is 27.5 Å². The SMILES string of the molecule is O=C(c1cc(Br)ccc1F)N1CCN(c2ccccc2O)CC1. The van der Waals surface area contributed by atoms with E-state index in [0.717, 1.165) is 5.69 Å². The topological polar surface area (TPSA) is 43.8 Å². The number of phenolic OH excluding ortho intramolecular Hbond substituents is 1. The van der Waals surface area contributed by atoms with Crippen LogP contribution in [0.5, 0.6) is 5.75 Å². The largest absolute Gasteiger partial charge is 0.506 e. The lowest BCUT2D eigenvalue weighted by Gasteiger charge is -2.36. The molecule has 1 heterocycles. The highest BCUT2D eigenvalue weighted by atomic mass is 79.9. The van der Waals surface area contributed by atoms with Gasteiger partial charge in [-0.3, -0.25) is 4.79 Å². The van der Waals surface area contributed by atoms with Crippen LogP contribution in [0.3, 0.4) is 0 Å². The van der Waals surface area contributed by atoms with E-state index in [1.165, 1.54) is 12.1 Å². The minimum absolute atomic E-state index is 0.0791. The molecule has 1 fully saturated rings. The van der Waals surface area contributed by atoms with E-state index >= 15 is 0 Å². The van der Waals surface area contributed by atoms with E-state index in [4.69, 9.17) is 0 Å². The molecule has 0 saturated carbocycles. The Labute approximate surface area is 142 Å². The van der Waals surface area contributed by atoms with Gasteiger partial charge in [0.1, 0.15) is 11.6 Å². The van der Waals surface area contributed by atoms with Gasteiger partial charge in [0.25, 0.3) is 5.91 Å². The first-order valence-corrected chi connectivity index (χ1v) is 8.13. The Balaban J connectivity index is 1.70. The quantitative estimate of drug-likeness (QED) is 0.871. The van der Waals surface area contributed by atoms with Crippen molar-refractivity contribution in [3.63, 3.8) is 0 Å². The molecule has 1 aliphatic rings. The Morgan fingerprint density at radius 3 is 2.48 bits per heavy atom. The Hall–Kier alpha value is -2.08. The van der Waals surface area contributed by atoms with E-state index in [2.05, 4.69) is 15.9 Å². The van der Waals surface area contributed by atoms with Crippen LogP contribution >= 0.6 is 15.9 Å². The van der Waals surface area contributed by atoms with Crippen LogP contribution in [0.4, 0.5) is 10.1 Å². The fourth-order valence-corrected chi connectivity index (χ4v) is 3.07. The van der Waals surface area contributed by atoms with Crippen molar-refractivity contribution in [2.75, 3.05) is 31.1 Å². The number of nitrogens with zero attached hydrogens (tertiary/aromatic N) is 2. The first kappa shape index (κ1) is 15.8. The highest BCUT2D eigenvalue weighted by Gasteiger charge is 2.25. The summed E-state index contributed by atoms with van der Waals surface area (Å²) in [6.45, 7) is 2.16. The summed E-state index contributed by atoms with van der Waals surface area (Å²) >= 11 is 3.26. The molecule has 4 nitrogen and oxygen atoms in total. The Morgan fingerprint density at radius 2 is 1.78 bits per heavy atom. The smallest absolute Gasteiger partial charge is 0.256 e. The molecule has 0 radical (unpaired) electrons. The van der Waals surface area contributed by atoms with Gasteiger partial charge in [-0.25, -0.2) is 4.39 Å². The molecule has 120 valence electrons. The number of hydrogen-bond acceptors (Lipinski definition) is 3. The first-order chi connectivity index (χ1) is 11.1. The van der Waals surface area contributed by atoms with Gasteiger partial charge in [-0.2, -0.15) is 0 Å². The molecule has 3 rings (SSSR count). The predicted molar refractivity (Wildman–Crippen MR) is 90.3 cm³/mol. The number of amides is 1. The maximum Gasteiger partial charge on any atom is 0.256 e. The molecule has 1 amide bonds. The number of carbonyl (C=O) groups is 1. The molecular weight excluding hydrogens is 363 g/mol. The van der Waals surface area contributed by atoms with Crippen LogP contribution in [0, 0.1) is 5.82 Å². The van der Waals surface area contributed by atoms with Crippen molar-refractivity contribution in [2.45, 2.75) is 0 Å². The Morgan fingerprint density at radius 1 is 1.09 bits per heavy atom. The number of rotatable bonds is 2. The van der Waals surface area contributed by atoms with E-state index in [1.54, 1.807) is 23.1 Å². The van der Waals surface area contributed by atoms with Crippen LogP contribution < -0.4 is 4.90 Å². The molecule has 0 atom stereocenters.